The van der Waals surface area contributed by atoms with Crippen LogP contribution in [0.1, 0.15) is 34.6 Å². The van der Waals surface area contributed by atoms with E-state index in [1.807, 2.05) is 27.7 Å². The van der Waals surface area contributed by atoms with E-state index in [1.165, 1.54) is 0 Å². The van der Waals surface area contributed by atoms with Crippen molar-refractivity contribution in [2.75, 3.05) is 13.2 Å². The highest BCUT2D eigenvalue weighted by atomic mass is 16.5. The first-order valence-electron chi connectivity index (χ1n) is 4.90. The first-order chi connectivity index (χ1) is 6.21. The van der Waals surface area contributed by atoms with Gasteiger partial charge < -0.3 is 15.8 Å². The summed E-state index contributed by atoms with van der Waals surface area (Å²) in [4.78, 5) is 11.2. The SMILES string of the molecule is CCNC(C)(COC(C)(C)C)C(N)=O. The van der Waals surface area contributed by atoms with E-state index in [0.29, 0.717) is 13.2 Å². The molecular weight excluding hydrogens is 180 g/mol. The van der Waals surface area contributed by atoms with Gasteiger partial charge in [0.1, 0.15) is 5.54 Å². The number of hydrogen-bond donors (Lipinski definition) is 2. The summed E-state index contributed by atoms with van der Waals surface area (Å²) in [6.07, 6.45) is 0. The van der Waals surface area contributed by atoms with Crippen molar-refractivity contribution in [3.05, 3.63) is 0 Å². The minimum absolute atomic E-state index is 0.258. The average molecular weight is 202 g/mol. The van der Waals surface area contributed by atoms with Gasteiger partial charge in [0.05, 0.1) is 12.2 Å². The Balaban J connectivity index is 4.31. The molecule has 0 spiro atoms. The molecule has 0 aromatic heterocycles. The van der Waals surface area contributed by atoms with Gasteiger partial charge in [-0.15, -0.1) is 0 Å². The van der Waals surface area contributed by atoms with E-state index in [1.54, 1.807) is 6.92 Å². The molecule has 0 radical (unpaired) electrons. The summed E-state index contributed by atoms with van der Waals surface area (Å²) in [5, 5.41) is 3.03. The minimum Gasteiger partial charge on any atom is -0.373 e. The van der Waals surface area contributed by atoms with Crippen LogP contribution in [0.2, 0.25) is 0 Å². The molecule has 0 aliphatic heterocycles. The zero-order valence-corrected chi connectivity index (χ0v) is 9.81. The van der Waals surface area contributed by atoms with Gasteiger partial charge in [0.2, 0.25) is 5.91 Å². The molecule has 14 heavy (non-hydrogen) atoms. The predicted octanol–water partition coefficient (Wildman–Crippen LogP) is 0.655. The summed E-state index contributed by atoms with van der Waals surface area (Å²) in [6, 6.07) is 0. The summed E-state index contributed by atoms with van der Waals surface area (Å²) >= 11 is 0. The molecule has 1 atom stereocenters. The lowest BCUT2D eigenvalue weighted by Crippen LogP contribution is -2.57. The molecule has 0 heterocycles. The Morgan fingerprint density at radius 2 is 1.86 bits per heavy atom. The lowest BCUT2D eigenvalue weighted by molar-refractivity contribution is -0.129. The van der Waals surface area contributed by atoms with E-state index in [9.17, 15) is 4.79 Å². The van der Waals surface area contributed by atoms with Crippen molar-refractivity contribution in [1.29, 1.82) is 0 Å². The molecule has 0 bridgehead atoms. The number of hydrogen-bond acceptors (Lipinski definition) is 3. The second kappa shape index (κ2) is 4.75. The average Bonchev–Trinajstić information content (AvgIpc) is 2.00. The highest BCUT2D eigenvalue weighted by molar-refractivity contribution is 5.84. The third kappa shape index (κ3) is 4.58. The van der Waals surface area contributed by atoms with Crippen molar-refractivity contribution < 1.29 is 9.53 Å². The number of amides is 1. The molecule has 0 aliphatic carbocycles. The second-order valence-electron chi connectivity index (χ2n) is 4.63. The Bertz CT molecular complexity index is 199. The van der Waals surface area contributed by atoms with Crippen molar-refractivity contribution >= 4 is 5.91 Å². The van der Waals surface area contributed by atoms with Crippen LogP contribution in [0.15, 0.2) is 0 Å². The standard InChI is InChI=1S/C10H22N2O2/c1-6-12-10(5,8(11)13)7-14-9(2,3)4/h12H,6-7H2,1-5H3,(H2,11,13). The maximum Gasteiger partial charge on any atom is 0.239 e. The Labute approximate surface area is 86.2 Å². The van der Waals surface area contributed by atoms with Crippen LogP contribution in [-0.2, 0) is 9.53 Å². The van der Waals surface area contributed by atoms with Gasteiger partial charge in [-0.3, -0.25) is 4.79 Å². The number of ether oxygens (including phenoxy) is 1. The van der Waals surface area contributed by atoms with Crippen LogP contribution >= 0.6 is 0 Å². The predicted molar refractivity (Wildman–Crippen MR) is 57.0 cm³/mol. The topological polar surface area (TPSA) is 64.3 Å². The van der Waals surface area contributed by atoms with Gasteiger partial charge in [-0.2, -0.15) is 0 Å². The fourth-order valence-corrected chi connectivity index (χ4v) is 0.960. The van der Waals surface area contributed by atoms with Crippen molar-refractivity contribution in [1.82, 2.24) is 5.32 Å². The molecule has 0 rings (SSSR count). The number of carbonyl (C=O) groups excluding carboxylic acids is 1. The fraction of sp³-hybridized carbons (Fsp3) is 0.900. The molecule has 0 aromatic carbocycles. The van der Waals surface area contributed by atoms with Crippen LogP contribution in [0.3, 0.4) is 0 Å². The first-order valence-corrected chi connectivity index (χ1v) is 4.90. The third-order valence-corrected chi connectivity index (χ3v) is 1.90. The number of nitrogens with two attached hydrogens (primary N) is 1. The monoisotopic (exact) mass is 202 g/mol. The first kappa shape index (κ1) is 13.4. The van der Waals surface area contributed by atoms with Crippen LogP contribution in [0.25, 0.3) is 0 Å². The Kier molecular flexibility index (Phi) is 4.55. The Morgan fingerprint density at radius 3 is 2.14 bits per heavy atom. The molecule has 4 nitrogen and oxygen atoms in total. The lowest BCUT2D eigenvalue weighted by Gasteiger charge is -2.30. The minimum atomic E-state index is -0.776. The summed E-state index contributed by atoms with van der Waals surface area (Å²) in [5.74, 6) is -0.386. The van der Waals surface area contributed by atoms with Crippen LogP contribution in [0.4, 0.5) is 0 Å². The van der Waals surface area contributed by atoms with Gasteiger partial charge in [-0.05, 0) is 34.2 Å². The summed E-state index contributed by atoms with van der Waals surface area (Å²) in [5.41, 5.74) is 4.27. The molecule has 4 heteroatoms. The van der Waals surface area contributed by atoms with Gasteiger partial charge in [0.15, 0.2) is 0 Å². The highest BCUT2D eigenvalue weighted by Gasteiger charge is 2.31. The smallest absolute Gasteiger partial charge is 0.239 e. The molecule has 0 saturated carbocycles. The summed E-state index contributed by atoms with van der Waals surface area (Å²) < 4.78 is 5.54. The van der Waals surface area contributed by atoms with E-state index < -0.39 is 5.54 Å². The molecule has 0 saturated heterocycles. The van der Waals surface area contributed by atoms with Crippen molar-refractivity contribution in [2.45, 2.75) is 45.8 Å². The number of likely N-dealkylation sites (N-methyl/N-ethyl adjacent to an activating group) is 1. The summed E-state index contributed by atoms with van der Waals surface area (Å²) in [7, 11) is 0. The van der Waals surface area contributed by atoms with Crippen LogP contribution in [-0.4, -0.2) is 30.2 Å². The second-order valence-corrected chi connectivity index (χ2v) is 4.63. The normalized spacial score (nSPS) is 16.4. The number of carbonyl (C=O) groups is 1. The van der Waals surface area contributed by atoms with Crippen LogP contribution < -0.4 is 11.1 Å². The lowest BCUT2D eigenvalue weighted by atomic mass is 10.0. The quantitative estimate of drug-likeness (QED) is 0.688. The molecule has 3 N–H and O–H groups in total. The van der Waals surface area contributed by atoms with Crippen molar-refractivity contribution in [3.8, 4) is 0 Å². The Morgan fingerprint density at radius 1 is 1.36 bits per heavy atom. The van der Waals surface area contributed by atoms with E-state index in [-0.39, 0.29) is 11.5 Å². The van der Waals surface area contributed by atoms with E-state index in [0.717, 1.165) is 0 Å². The molecular formula is C10H22N2O2. The van der Waals surface area contributed by atoms with Gasteiger partial charge in [-0.25, -0.2) is 0 Å². The zero-order chi connectivity index (χ0) is 11.4. The Hall–Kier alpha value is -0.610. The van der Waals surface area contributed by atoms with E-state index in [4.69, 9.17) is 10.5 Å². The van der Waals surface area contributed by atoms with Crippen LogP contribution in [0.5, 0.6) is 0 Å². The summed E-state index contributed by atoms with van der Waals surface area (Å²) in [6.45, 7) is 10.5. The fourth-order valence-electron chi connectivity index (χ4n) is 0.960. The number of nitrogens with one attached hydrogen (secondary N) is 1. The van der Waals surface area contributed by atoms with Gasteiger partial charge >= 0.3 is 0 Å². The molecule has 0 fully saturated rings. The van der Waals surface area contributed by atoms with Gasteiger partial charge in [0, 0.05) is 0 Å². The molecule has 84 valence electrons. The van der Waals surface area contributed by atoms with Gasteiger partial charge in [0.25, 0.3) is 0 Å². The highest BCUT2D eigenvalue weighted by Crippen LogP contribution is 2.12. The van der Waals surface area contributed by atoms with E-state index in [2.05, 4.69) is 5.32 Å². The zero-order valence-electron chi connectivity index (χ0n) is 9.81. The van der Waals surface area contributed by atoms with Crippen molar-refractivity contribution in [2.24, 2.45) is 5.73 Å². The van der Waals surface area contributed by atoms with Gasteiger partial charge in [-0.1, -0.05) is 6.92 Å². The molecule has 1 unspecified atom stereocenters. The number of primary amides is 1. The van der Waals surface area contributed by atoms with Crippen LogP contribution in [0, 0.1) is 0 Å². The maximum absolute atomic E-state index is 11.2. The largest absolute Gasteiger partial charge is 0.373 e. The molecule has 0 aromatic rings. The maximum atomic E-state index is 11.2. The van der Waals surface area contributed by atoms with Crippen molar-refractivity contribution in [3.63, 3.8) is 0 Å². The molecule has 0 aliphatic rings. The molecule has 1 amide bonds. The third-order valence-electron chi connectivity index (χ3n) is 1.90. The van der Waals surface area contributed by atoms with E-state index >= 15 is 0 Å². The number of rotatable bonds is 5.